The summed E-state index contributed by atoms with van der Waals surface area (Å²) in [6, 6.07) is 0. The minimum Gasteiger partial charge on any atom is -0.376 e. The van der Waals surface area contributed by atoms with Crippen LogP contribution in [0.15, 0.2) is 25.3 Å². The van der Waals surface area contributed by atoms with Crippen molar-refractivity contribution in [1.29, 1.82) is 0 Å². The molecule has 0 bridgehead atoms. The molecule has 0 unspecified atom stereocenters. The standard InChI is InChI=1S/C13H19F3O6S/c1-4-6-9-12(22-23(17,18)13(14,15)16)11(19-3)10(21-9)8-20-7-5-2/h4-5,9-12H,1-2,6-8H2,3H3/t9-,10+,11-,12-/m0/s1. The summed E-state index contributed by atoms with van der Waals surface area (Å²) in [6.45, 7) is 7.12. The molecule has 0 saturated carbocycles. The summed E-state index contributed by atoms with van der Waals surface area (Å²) in [7, 11) is -4.55. The van der Waals surface area contributed by atoms with Gasteiger partial charge in [-0.3, -0.25) is 4.18 Å². The second-order valence-corrected chi connectivity index (χ2v) is 6.29. The molecule has 1 saturated heterocycles. The number of ether oxygens (including phenoxy) is 3. The fraction of sp³-hybridized carbons (Fsp3) is 0.692. The predicted octanol–water partition coefficient (Wildman–Crippen LogP) is 1.78. The van der Waals surface area contributed by atoms with E-state index in [9.17, 15) is 21.6 Å². The SMILES string of the molecule is C=CCOC[C@H]1O[C@@H](CC=C)[C@H](OS(=O)(=O)C(F)(F)F)[C@H]1OC. The first kappa shape index (κ1) is 20.1. The van der Waals surface area contributed by atoms with Crippen LogP contribution in [0.2, 0.25) is 0 Å². The van der Waals surface area contributed by atoms with Gasteiger partial charge in [-0.25, -0.2) is 0 Å². The van der Waals surface area contributed by atoms with Crippen molar-refractivity contribution >= 4 is 10.1 Å². The van der Waals surface area contributed by atoms with E-state index in [4.69, 9.17) is 14.2 Å². The van der Waals surface area contributed by atoms with E-state index in [0.29, 0.717) is 0 Å². The average Bonchev–Trinajstić information content (AvgIpc) is 2.75. The molecule has 0 aromatic heterocycles. The van der Waals surface area contributed by atoms with Crippen LogP contribution in [0.4, 0.5) is 13.2 Å². The summed E-state index contributed by atoms with van der Waals surface area (Å²) in [4.78, 5) is 0. The lowest BCUT2D eigenvalue weighted by molar-refractivity contribution is -0.0662. The number of hydrogen-bond acceptors (Lipinski definition) is 6. The molecule has 1 aliphatic heterocycles. The zero-order chi connectivity index (χ0) is 17.7. The van der Waals surface area contributed by atoms with Crippen LogP contribution < -0.4 is 0 Å². The van der Waals surface area contributed by atoms with Crippen molar-refractivity contribution in [1.82, 2.24) is 0 Å². The van der Waals surface area contributed by atoms with Crippen LogP contribution in [-0.4, -0.2) is 58.7 Å². The number of hydrogen-bond donors (Lipinski definition) is 0. The zero-order valence-electron chi connectivity index (χ0n) is 12.5. The Labute approximate surface area is 133 Å². The number of rotatable bonds is 9. The van der Waals surface area contributed by atoms with E-state index in [1.807, 2.05) is 0 Å². The summed E-state index contributed by atoms with van der Waals surface area (Å²) in [6.07, 6.45) is -1.26. The molecule has 1 fully saturated rings. The first-order chi connectivity index (χ1) is 10.7. The molecule has 134 valence electrons. The van der Waals surface area contributed by atoms with E-state index in [2.05, 4.69) is 17.3 Å². The van der Waals surface area contributed by atoms with E-state index in [1.54, 1.807) is 0 Å². The van der Waals surface area contributed by atoms with Gasteiger partial charge >= 0.3 is 15.6 Å². The summed E-state index contributed by atoms with van der Waals surface area (Å²) < 4.78 is 80.2. The van der Waals surface area contributed by atoms with Gasteiger partial charge in [0.05, 0.1) is 19.3 Å². The molecule has 0 aromatic rings. The van der Waals surface area contributed by atoms with E-state index < -0.39 is 40.0 Å². The third-order valence-corrected chi connectivity index (χ3v) is 4.16. The van der Waals surface area contributed by atoms with E-state index in [-0.39, 0.29) is 19.6 Å². The van der Waals surface area contributed by atoms with Crippen molar-refractivity contribution in [3.05, 3.63) is 25.3 Å². The van der Waals surface area contributed by atoms with Gasteiger partial charge in [0.2, 0.25) is 0 Å². The second kappa shape index (κ2) is 8.25. The summed E-state index contributed by atoms with van der Waals surface area (Å²) in [5.74, 6) is 0. The van der Waals surface area contributed by atoms with E-state index in [0.717, 1.165) is 0 Å². The summed E-state index contributed by atoms with van der Waals surface area (Å²) in [5.41, 5.74) is -5.53. The molecule has 0 amide bonds. The van der Waals surface area contributed by atoms with Gasteiger partial charge in [-0.1, -0.05) is 12.2 Å². The number of methoxy groups -OCH3 is 1. The Balaban J connectivity index is 2.95. The summed E-state index contributed by atoms with van der Waals surface area (Å²) >= 11 is 0. The Kier molecular flexibility index (Phi) is 7.21. The molecular formula is C13H19F3O6S. The number of halogens is 3. The van der Waals surface area contributed by atoms with E-state index in [1.165, 1.54) is 19.3 Å². The van der Waals surface area contributed by atoms with Gasteiger partial charge in [0.15, 0.2) is 0 Å². The quantitative estimate of drug-likeness (QED) is 0.270. The van der Waals surface area contributed by atoms with Crippen LogP contribution >= 0.6 is 0 Å². The van der Waals surface area contributed by atoms with Gasteiger partial charge in [-0.05, 0) is 6.42 Å². The molecule has 10 heteroatoms. The first-order valence-corrected chi connectivity index (χ1v) is 8.06. The molecule has 6 nitrogen and oxygen atoms in total. The third-order valence-electron chi connectivity index (χ3n) is 3.12. The van der Waals surface area contributed by atoms with Crippen LogP contribution in [-0.2, 0) is 28.5 Å². The maximum atomic E-state index is 12.5. The van der Waals surface area contributed by atoms with Gasteiger partial charge in [0.25, 0.3) is 0 Å². The molecule has 4 atom stereocenters. The molecule has 1 rings (SSSR count). The van der Waals surface area contributed by atoms with Crippen molar-refractivity contribution in [2.75, 3.05) is 20.3 Å². The van der Waals surface area contributed by atoms with Crippen LogP contribution in [0.3, 0.4) is 0 Å². The number of alkyl halides is 3. The van der Waals surface area contributed by atoms with Gasteiger partial charge < -0.3 is 14.2 Å². The fourth-order valence-corrected chi connectivity index (χ4v) is 2.80. The lowest BCUT2D eigenvalue weighted by atomic mass is 10.1. The molecule has 0 aromatic carbocycles. The highest BCUT2D eigenvalue weighted by Gasteiger charge is 2.54. The monoisotopic (exact) mass is 360 g/mol. The Hall–Kier alpha value is -0.940. The van der Waals surface area contributed by atoms with Crippen molar-refractivity contribution in [3.63, 3.8) is 0 Å². The molecule has 0 spiro atoms. The molecule has 0 aliphatic carbocycles. The Morgan fingerprint density at radius 3 is 2.30 bits per heavy atom. The maximum Gasteiger partial charge on any atom is 0.523 e. The molecular weight excluding hydrogens is 341 g/mol. The topological polar surface area (TPSA) is 71.1 Å². The predicted molar refractivity (Wildman–Crippen MR) is 75.1 cm³/mol. The highest BCUT2D eigenvalue weighted by molar-refractivity contribution is 7.87. The van der Waals surface area contributed by atoms with Crippen molar-refractivity contribution in [2.24, 2.45) is 0 Å². The van der Waals surface area contributed by atoms with Gasteiger partial charge in [-0.2, -0.15) is 21.6 Å². The summed E-state index contributed by atoms with van der Waals surface area (Å²) in [5, 5.41) is 0. The highest BCUT2D eigenvalue weighted by Crippen LogP contribution is 2.34. The lowest BCUT2D eigenvalue weighted by Gasteiger charge is -2.23. The van der Waals surface area contributed by atoms with Gasteiger partial charge in [0.1, 0.15) is 18.3 Å². The average molecular weight is 360 g/mol. The largest absolute Gasteiger partial charge is 0.523 e. The van der Waals surface area contributed by atoms with Crippen molar-refractivity contribution in [3.8, 4) is 0 Å². The molecule has 0 N–H and O–H groups in total. The smallest absolute Gasteiger partial charge is 0.376 e. The first-order valence-electron chi connectivity index (χ1n) is 6.65. The van der Waals surface area contributed by atoms with Gasteiger partial charge in [-0.15, -0.1) is 13.2 Å². The van der Waals surface area contributed by atoms with Crippen molar-refractivity contribution < 1.29 is 40.0 Å². The van der Waals surface area contributed by atoms with Crippen LogP contribution in [0, 0.1) is 0 Å². The molecule has 1 heterocycles. The zero-order valence-corrected chi connectivity index (χ0v) is 13.3. The molecule has 23 heavy (non-hydrogen) atoms. The highest BCUT2D eigenvalue weighted by atomic mass is 32.2. The van der Waals surface area contributed by atoms with Gasteiger partial charge in [0, 0.05) is 7.11 Å². The molecule has 0 radical (unpaired) electrons. The fourth-order valence-electron chi connectivity index (χ4n) is 2.16. The third kappa shape index (κ3) is 5.01. The van der Waals surface area contributed by atoms with Crippen LogP contribution in [0.5, 0.6) is 0 Å². The van der Waals surface area contributed by atoms with Crippen LogP contribution in [0.1, 0.15) is 6.42 Å². The maximum absolute atomic E-state index is 12.5. The normalized spacial score (nSPS) is 28.7. The van der Waals surface area contributed by atoms with Crippen molar-refractivity contribution in [2.45, 2.75) is 36.3 Å². The Bertz CT molecular complexity index is 504. The Morgan fingerprint density at radius 2 is 1.83 bits per heavy atom. The second-order valence-electron chi connectivity index (χ2n) is 4.72. The minimum atomic E-state index is -5.78. The Morgan fingerprint density at radius 1 is 1.17 bits per heavy atom. The minimum absolute atomic E-state index is 0.00983. The lowest BCUT2D eigenvalue weighted by Crippen LogP contribution is -2.42. The van der Waals surface area contributed by atoms with E-state index >= 15 is 0 Å². The molecule has 1 aliphatic rings. The van der Waals surface area contributed by atoms with Crippen LogP contribution in [0.25, 0.3) is 0 Å².